The number of morpholine rings is 1. The lowest BCUT2D eigenvalue weighted by molar-refractivity contribution is 0.122. The Balaban J connectivity index is 2.24. The van der Waals surface area contributed by atoms with Gasteiger partial charge in [-0.05, 0) is 0 Å². The van der Waals surface area contributed by atoms with Gasteiger partial charge in [0.1, 0.15) is 0 Å². The summed E-state index contributed by atoms with van der Waals surface area (Å²) >= 11 is 0. The zero-order valence-corrected chi connectivity index (χ0v) is 8.23. The average molecular weight is 192 g/mol. The van der Waals surface area contributed by atoms with Crippen molar-refractivity contribution in [3.8, 4) is 0 Å². The normalized spacial score (nSPS) is 17.0. The zero-order valence-electron chi connectivity index (χ0n) is 8.23. The molecule has 1 aromatic heterocycles. The van der Waals surface area contributed by atoms with Crippen LogP contribution in [0.3, 0.4) is 0 Å². The molecule has 0 radical (unpaired) electrons. The SMILES string of the molecule is Bc1cnc(N)c(N2CCOCC2)n1. The fourth-order valence-electron chi connectivity index (χ4n) is 1.48. The van der Waals surface area contributed by atoms with E-state index in [0.717, 1.165) is 37.7 Å². The van der Waals surface area contributed by atoms with Crippen LogP contribution in [0.15, 0.2) is 6.20 Å². The summed E-state index contributed by atoms with van der Waals surface area (Å²) in [6.07, 6.45) is 1.68. The first-order valence-electron chi connectivity index (χ1n) is 4.69. The Morgan fingerprint density at radius 3 is 2.86 bits per heavy atom. The maximum absolute atomic E-state index is 5.76. The van der Waals surface area contributed by atoms with Gasteiger partial charge < -0.3 is 15.4 Å². The van der Waals surface area contributed by atoms with E-state index in [4.69, 9.17) is 10.5 Å². The minimum atomic E-state index is 0.498. The van der Waals surface area contributed by atoms with E-state index in [1.807, 2.05) is 7.85 Å². The molecule has 2 rings (SSSR count). The molecular weight excluding hydrogens is 179 g/mol. The first kappa shape index (κ1) is 9.27. The topological polar surface area (TPSA) is 64.3 Å². The lowest BCUT2D eigenvalue weighted by Crippen LogP contribution is -2.38. The fraction of sp³-hybridized carbons (Fsp3) is 0.500. The molecule has 0 unspecified atom stereocenters. The molecule has 2 heterocycles. The molecule has 1 saturated heterocycles. The van der Waals surface area contributed by atoms with Crippen molar-refractivity contribution in [1.82, 2.24) is 9.97 Å². The first-order valence-corrected chi connectivity index (χ1v) is 4.69. The molecule has 0 amide bonds. The molecule has 5 nitrogen and oxygen atoms in total. The maximum Gasteiger partial charge on any atom is 0.171 e. The van der Waals surface area contributed by atoms with Crippen LogP contribution in [0.25, 0.3) is 0 Å². The van der Waals surface area contributed by atoms with Crippen molar-refractivity contribution in [2.24, 2.45) is 0 Å². The van der Waals surface area contributed by atoms with Gasteiger partial charge in [-0.15, -0.1) is 0 Å². The van der Waals surface area contributed by atoms with Crippen molar-refractivity contribution in [1.29, 1.82) is 0 Å². The number of rotatable bonds is 1. The standard InChI is InChI=1S/C8H13BN4O/c9-6-5-11-7(10)8(12-6)13-1-3-14-4-2-13/h5H,1-4,9H2,(H2,10,11). The molecule has 1 aliphatic rings. The molecule has 14 heavy (non-hydrogen) atoms. The number of hydrogen-bond acceptors (Lipinski definition) is 5. The van der Waals surface area contributed by atoms with Crippen LogP contribution in [-0.4, -0.2) is 44.1 Å². The third kappa shape index (κ3) is 1.79. The molecule has 2 N–H and O–H groups in total. The van der Waals surface area contributed by atoms with Crippen LogP contribution >= 0.6 is 0 Å². The van der Waals surface area contributed by atoms with E-state index in [1.54, 1.807) is 6.20 Å². The van der Waals surface area contributed by atoms with Gasteiger partial charge in [0.15, 0.2) is 19.5 Å². The van der Waals surface area contributed by atoms with Gasteiger partial charge in [0.05, 0.1) is 13.2 Å². The van der Waals surface area contributed by atoms with Crippen LogP contribution in [0.4, 0.5) is 11.6 Å². The van der Waals surface area contributed by atoms with Crippen LogP contribution in [0.1, 0.15) is 0 Å². The Morgan fingerprint density at radius 2 is 2.14 bits per heavy atom. The van der Waals surface area contributed by atoms with E-state index in [1.165, 1.54) is 0 Å². The number of nitrogen functional groups attached to an aromatic ring is 1. The highest BCUT2D eigenvalue weighted by Gasteiger charge is 2.15. The summed E-state index contributed by atoms with van der Waals surface area (Å²) in [5.74, 6) is 1.28. The lowest BCUT2D eigenvalue weighted by Gasteiger charge is -2.28. The van der Waals surface area contributed by atoms with Gasteiger partial charge in [-0.2, -0.15) is 0 Å². The maximum atomic E-state index is 5.76. The van der Waals surface area contributed by atoms with Crippen LogP contribution in [0.5, 0.6) is 0 Å². The van der Waals surface area contributed by atoms with Crippen molar-refractivity contribution >= 4 is 25.1 Å². The summed E-state index contributed by atoms with van der Waals surface area (Å²) in [6.45, 7) is 3.13. The van der Waals surface area contributed by atoms with Gasteiger partial charge >= 0.3 is 0 Å². The number of hydrogen-bond donors (Lipinski definition) is 1. The summed E-state index contributed by atoms with van der Waals surface area (Å²) in [5, 5.41) is 0. The van der Waals surface area contributed by atoms with Crippen LogP contribution in [0.2, 0.25) is 0 Å². The molecular formula is C8H13BN4O. The van der Waals surface area contributed by atoms with Gasteiger partial charge in [-0.1, -0.05) is 0 Å². The molecule has 1 aliphatic heterocycles. The van der Waals surface area contributed by atoms with Crippen molar-refractivity contribution < 1.29 is 4.74 Å². The number of nitrogens with two attached hydrogens (primary N) is 1. The number of anilines is 2. The molecule has 0 saturated carbocycles. The number of aromatic nitrogens is 2. The summed E-state index contributed by atoms with van der Waals surface area (Å²) in [5.41, 5.74) is 6.65. The largest absolute Gasteiger partial charge is 0.381 e. The monoisotopic (exact) mass is 192 g/mol. The fourth-order valence-corrected chi connectivity index (χ4v) is 1.48. The molecule has 0 spiro atoms. The van der Waals surface area contributed by atoms with E-state index >= 15 is 0 Å². The van der Waals surface area contributed by atoms with E-state index < -0.39 is 0 Å². The highest BCUT2D eigenvalue weighted by molar-refractivity contribution is 6.30. The number of ether oxygens (including phenoxy) is 1. The highest BCUT2D eigenvalue weighted by Crippen LogP contribution is 2.16. The molecule has 6 heteroatoms. The van der Waals surface area contributed by atoms with E-state index in [-0.39, 0.29) is 0 Å². The Kier molecular flexibility index (Phi) is 2.54. The molecule has 0 aromatic carbocycles. The second kappa shape index (κ2) is 3.83. The van der Waals surface area contributed by atoms with Gasteiger partial charge in [0, 0.05) is 24.9 Å². The summed E-state index contributed by atoms with van der Waals surface area (Å²) < 4.78 is 5.26. The summed E-state index contributed by atoms with van der Waals surface area (Å²) in [6, 6.07) is 0. The van der Waals surface area contributed by atoms with E-state index in [0.29, 0.717) is 5.82 Å². The molecule has 0 bridgehead atoms. The molecule has 0 aliphatic carbocycles. The van der Waals surface area contributed by atoms with Gasteiger partial charge in [0.25, 0.3) is 0 Å². The van der Waals surface area contributed by atoms with Crippen molar-refractivity contribution in [3.63, 3.8) is 0 Å². The van der Waals surface area contributed by atoms with Gasteiger partial charge in [-0.25, -0.2) is 9.97 Å². The van der Waals surface area contributed by atoms with Gasteiger partial charge in [-0.3, -0.25) is 0 Å². The Morgan fingerprint density at radius 1 is 1.43 bits per heavy atom. The van der Waals surface area contributed by atoms with Crippen molar-refractivity contribution in [2.75, 3.05) is 36.9 Å². The van der Waals surface area contributed by atoms with Gasteiger partial charge in [0.2, 0.25) is 0 Å². The highest BCUT2D eigenvalue weighted by atomic mass is 16.5. The minimum Gasteiger partial charge on any atom is -0.381 e. The predicted octanol–water partition coefficient (Wildman–Crippen LogP) is -1.85. The quantitative estimate of drug-likeness (QED) is 0.529. The zero-order chi connectivity index (χ0) is 9.97. The van der Waals surface area contributed by atoms with Crippen LogP contribution in [-0.2, 0) is 4.74 Å². The van der Waals surface area contributed by atoms with Crippen LogP contribution < -0.4 is 16.2 Å². The Bertz CT molecular complexity index is 327. The third-order valence-electron chi connectivity index (χ3n) is 2.21. The van der Waals surface area contributed by atoms with Crippen LogP contribution in [0, 0.1) is 0 Å². The molecule has 0 atom stereocenters. The average Bonchev–Trinajstić information content (AvgIpc) is 2.23. The predicted molar refractivity (Wildman–Crippen MR) is 57.7 cm³/mol. The smallest absolute Gasteiger partial charge is 0.171 e. The first-order chi connectivity index (χ1) is 6.77. The Labute approximate surface area is 83.7 Å². The van der Waals surface area contributed by atoms with Crippen molar-refractivity contribution in [2.45, 2.75) is 0 Å². The van der Waals surface area contributed by atoms with Crippen molar-refractivity contribution in [3.05, 3.63) is 6.20 Å². The summed E-state index contributed by atoms with van der Waals surface area (Å²) in [7, 11) is 1.91. The third-order valence-corrected chi connectivity index (χ3v) is 2.21. The molecule has 1 aromatic rings. The molecule has 74 valence electrons. The minimum absolute atomic E-state index is 0.498. The summed E-state index contributed by atoms with van der Waals surface area (Å²) in [4.78, 5) is 10.6. The Hall–Kier alpha value is -1.30. The lowest BCUT2D eigenvalue weighted by atomic mass is 10.1. The second-order valence-corrected chi connectivity index (χ2v) is 3.32. The van der Waals surface area contributed by atoms with E-state index in [9.17, 15) is 0 Å². The second-order valence-electron chi connectivity index (χ2n) is 3.32. The van der Waals surface area contributed by atoms with E-state index in [2.05, 4.69) is 14.9 Å². The molecule has 1 fully saturated rings. The number of nitrogens with zero attached hydrogens (tertiary/aromatic N) is 3.